The molecule has 2 rings (SSSR count). The van der Waals surface area contributed by atoms with E-state index in [4.69, 9.17) is 4.42 Å². The van der Waals surface area contributed by atoms with Crippen molar-refractivity contribution in [2.75, 3.05) is 0 Å². The van der Waals surface area contributed by atoms with E-state index < -0.39 is 11.7 Å². The summed E-state index contributed by atoms with van der Waals surface area (Å²) in [6.07, 6.45) is -4.53. The number of carbonyl (C=O) groups excluding carboxylic acids is 1. The fourth-order valence-corrected chi connectivity index (χ4v) is 2.09. The number of furan rings is 1. The molecular weight excluding hydrogens is 295 g/mol. The Labute approximate surface area is 126 Å². The molecule has 1 heterocycles. The van der Waals surface area contributed by atoms with E-state index >= 15 is 0 Å². The predicted octanol–water partition coefficient (Wildman–Crippen LogP) is 4.03. The summed E-state index contributed by atoms with van der Waals surface area (Å²) >= 11 is 0. The molecule has 0 fully saturated rings. The number of benzene rings is 1. The molecule has 0 bridgehead atoms. The Kier molecular flexibility index (Phi) is 4.59. The normalized spacial score (nSPS) is 13.0. The highest BCUT2D eigenvalue weighted by atomic mass is 19.4. The standard InChI is InChI=1S/C16H16F3NO2/c1-10-6-7-14(22-10)11(2)20-15(21)9-12-4-3-5-13(8-12)16(17,18)19/h3-8,11H,9H2,1-2H3,(H,20,21). The van der Waals surface area contributed by atoms with Crippen molar-refractivity contribution in [3.8, 4) is 0 Å². The zero-order valence-electron chi connectivity index (χ0n) is 12.2. The molecular formula is C16H16F3NO2. The zero-order chi connectivity index (χ0) is 16.3. The van der Waals surface area contributed by atoms with E-state index in [2.05, 4.69) is 5.32 Å². The Balaban J connectivity index is 2.00. The number of hydrogen-bond donors (Lipinski definition) is 1. The second-order valence-corrected chi connectivity index (χ2v) is 5.11. The average molecular weight is 311 g/mol. The van der Waals surface area contributed by atoms with Crippen molar-refractivity contribution in [1.82, 2.24) is 5.32 Å². The fraction of sp³-hybridized carbons (Fsp3) is 0.312. The van der Waals surface area contributed by atoms with Crippen LogP contribution in [0.1, 0.15) is 35.6 Å². The smallest absolute Gasteiger partial charge is 0.416 e. The number of aryl methyl sites for hydroxylation is 1. The Morgan fingerprint density at radius 1 is 1.27 bits per heavy atom. The SMILES string of the molecule is Cc1ccc(C(C)NC(=O)Cc2cccc(C(F)(F)F)c2)o1. The van der Waals surface area contributed by atoms with Gasteiger partial charge in [-0.2, -0.15) is 13.2 Å². The Morgan fingerprint density at radius 3 is 2.59 bits per heavy atom. The molecule has 0 saturated carbocycles. The van der Waals surface area contributed by atoms with Gasteiger partial charge in [0.2, 0.25) is 5.91 Å². The second kappa shape index (κ2) is 6.25. The fourth-order valence-electron chi connectivity index (χ4n) is 2.09. The number of halogens is 3. The molecule has 1 aromatic carbocycles. The highest BCUT2D eigenvalue weighted by Crippen LogP contribution is 2.29. The summed E-state index contributed by atoms with van der Waals surface area (Å²) in [6.45, 7) is 3.54. The molecule has 0 saturated heterocycles. The highest BCUT2D eigenvalue weighted by Gasteiger charge is 2.30. The van der Waals surface area contributed by atoms with Crippen LogP contribution in [-0.2, 0) is 17.4 Å². The number of rotatable bonds is 4. The molecule has 0 aliphatic rings. The van der Waals surface area contributed by atoms with Crippen LogP contribution < -0.4 is 5.32 Å². The van der Waals surface area contributed by atoms with Crippen molar-refractivity contribution in [3.63, 3.8) is 0 Å². The molecule has 3 nitrogen and oxygen atoms in total. The van der Waals surface area contributed by atoms with Crippen LogP contribution >= 0.6 is 0 Å². The minimum Gasteiger partial charge on any atom is -0.464 e. The first-order valence-electron chi connectivity index (χ1n) is 6.77. The maximum Gasteiger partial charge on any atom is 0.416 e. The van der Waals surface area contributed by atoms with Crippen molar-refractivity contribution in [2.24, 2.45) is 0 Å². The maximum absolute atomic E-state index is 12.6. The van der Waals surface area contributed by atoms with Crippen LogP contribution in [0.25, 0.3) is 0 Å². The quantitative estimate of drug-likeness (QED) is 0.926. The average Bonchev–Trinajstić information content (AvgIpc) is 2.84. The number of amides is 1. The molecule has 1 aromatic heterocycles. The van der Waals surface area contributed by atoms with Crippen LogP contribution in [-0.4, -0.2) is 5.91 Å². The van der Waals surface area contributed by atoms with Crippen molar-refractivity contribution in [3.05, 3.63) is 59.0 Å². The molecule has 1 atom stereocenters. The van der Waals surface area contributed by atoms with E-state index in [1.54, 1.807) is 26.0 Å². The molecule has 22 heavy (non-hydrogen) atoms. The van der Waals surface area contributed by atoms with Gasteiger partial charge in [-0.05, 0) is 37.6 Å². The van der Waals surface area contributed by atoms with E-state index in [9.17, 15) is 18.0 Å². The van der Waals surface area contributed by atoms with Gasteiger partial charge in [-0.15, -0.1) is 0 Å². The number of carbonyl (C=O) groups is 1. The summed E-state index contributed by atoms with van der Waals surface area (Å²) in [6, 6.07) is 7.96. The van der Waals surface area contributed by atoms with E-state index in [0.717, 1.165) is 17.9 Å². The summed E-state index contributed by atoms with van der Waals surface area (Å²) in [4.78, 5) is 11.9. The van der Waals surface area contributed by atoms with Crippen molar-refractivity contribution >= 4 is 5.91 Å². The van der Waals surface area contributed by atoms with Crippen molar-refractivity contribution in [1.29, 1.82) is 0 Å². The lowest BCUT2D eigenvalue weighted by molar-refractivity contribution is -0.137. The second-order valence-electron chi connectivity index (χ2n) is 5.11. The number of alkyl halides is 3. The molecule has 0 radical (unpaired) electrons. The van der Waals surface area contributed by atoms with E-state index in [1.165, 1.54) is 12.1 Å². The number of hydrogen-bond acceptors (Lipinski definition) is 2. The predicted molar refractivity (Wildman–Crippen MR) is 75.2 cm³/mol. The molecule has 118 valence electrons. The lowest BCUT2D eigenvalue weighted by Crippen LogP contribution is -2.28. The molecule has 0 aliphatic carbocycles. The van der Waals surface area contributed by atoms with Crippen LogP contribution in [0, 0.1) is 6.92 Å². The Morgan fingerprint density at radius 2 is 2.00 bits per heavy atom. The van der Waals surface area contributed by atoms with Gasteiger partial charge in [-0.25, -0.2) is 0 Å². The first-order chi connectivity index (χ1) is 10.3. The van der Waals surface area contributed by atoms with E-state index in [0.29, 0.717) is 11.3 Å². The third-order valence-electron chi connectivity index (χ3n) is 3.18. The van der Waals surface area contributed by atoms with Gasteiger partial charge in [0.1, 0.15) is 11.5 Å². The van der Waals surface area contributed by atoms with Crippen LogP contribution in [0.5, 0.6) is 0 Å². The lowest BCUT2D eigenvalue weighted by Gasteiger charge is -2.12. The summed E-state index contributed by atoms with van der Waals surface area (Å²) in [5.41, 5.74) is -0.442. The van der Waals surface area contributed by atoms with Gasteiger partial charge >= 0.3 is 6.18 Å². The van der Waals surface area contributed by atoms with E-state index in [1.807, 2.05) is 0 Å². The van der Waals surface area contributed by atoms with Gasteiger partial charge in [-0.3, -0.25) is 4.79 Å². The molecule has 0 spiro atoms. The van der Waals surface area contributed by atoms with Gasteiger partial charge in [0.15, 0.2) is 0 Å². The summed E-state index contributed by atoms with van der Waals surface area (Å²) < 4.78 is 43.3. The van der Waals surface area contributed by atoms with Gasteiger partial charge in [0, 0.05) is 0 Å². The van der Waals surface area contributed by atoms with Gasteiger partial charge in [-0.1, -0.05) is 18.2 Å². The van der Waals surface area contributed by atoms with Crippen molar-refractivity contribution < 1.29 is 22.4 Å². The lowest BCUT2D eigenvalue weighted by atomic mass is 10.1. The van der Waals surface area contributed by atoms with Crippen molar-refractivity contribution in [2.45, 2.75) is 32.5 Å². The minimum atomic E-state index is -4.41. The topological polar surface area (TPSA) is 42.2 Å². The monoisotopic (exact) mass is 311 g/mol. The molecule has 1 N–H and O–H groups in total. The Bertz CT molecular complexity index is 661. The molecule has 6 heteroatoms. The molecule has 2 aromatic rings. The molecule has 0 aliphatic heterocycles. The van der Waals surface area contributed by atoms with Crippen LogP contribution in [0.15, 0.2) is 40.8 Å². The maximum atomic E-state index is 12.6. The summed E-state index contributed by atoms with van der Waals surface area (Å²) in [5, 5.41) is 2.70. The first-order valence-corrected chi connectivity index (χ1v) is 6.77. The third kappa shape index (κ3) is 4.13. The molecule has 1 amide bonds. The first kappa shape index (κ1) is 16.1. The minimum absolute atomic E-state index is 0.117. The van der Waals surface area contributed by atoms with Gasteiger partial charge in [0.05, 0.1) is 18.0 Å². The van der Waals surface area contributed by atoms with Crippen LogP contribution in [0.2, 0.25) is 0 Å². The van der Waals surface area contributed by atoms with Gasteiger partial charge < -0.3 is 9.73 Å². The largest absolute Gasteiger partial charge is 0.464 e. The van der Waals surface area contributed by atoms with Crippen LogP contribution in [0.4, 0.5) is 13.2 Å². The zero-order valence-corrected chi connectivity index (χ0v) is 12.2. The summed E-state index contributed by atoms with van der Waals surface area (Å²) in [5.74, 6) is 0.977. The third-order valence-corrected chi connectivity index (χ3v) is 3.18. The highest BCUT2D eigenvalue weighted by molar-refractivity contribution is 5.79. The molecule has 1 unspecified atom stereocenters. The van der Waals surface area contributed by atoms with Crippen LogP contribution in [0.3, 0.4) is 0 Å². The Hall–Kier alpha value is -2.24. The summed E-state index contributed by atoms with van der Waals surface area (Å²) in [7, 11) is 0. The van der Waals surface area contributed by atoms with E-state index in [-0.39, 0.29) is 18.4 Å². The van der Waals surface area contributed by atoms with Gasteiger partial charge in [0.25, 0.3) is 0 Å². The number of nitrogens with one attached hydrogen (secondary N) is 1.